The van der Waals surface area contributed by atoms with Gasteiger partial charge in [-0.2, -0.15) is 0 Å². The van der Waals surface area contributed by atoms with Gasteiger partial charge in [0.15, 0.2) is 0 Å². The lowest BCUT2D eigenvalue weighted by Crippen LogP contribution is -2.42. The Kier molecular flexibility index (Phi) is 7.06. The average molecular weight is 361 g/mol. The van der Waals surface area contributed by atoms with Crippen LogP contribution in [0.5, 0.6) is 5.75 Å². The molecule has 1 aromatic carbocycles. The first-order valence-corrected chi connectivity index (χ1v) is 9.40. The Balaban J connectivity index is 1.72. The molecule has 0 N–H and O–H groups in total. The zero-order valence-corrected chi connectivity index (χ0v) is 16.4. The predicted molar refractivity (Wildman–Crippen MR) is 101 cm³/mol. The zero-order chi connectivity index (χ0) is 19.2. The number of hydrogen-bond acceptors (Lipinski definition) is 4. The molecule has 1 heterocycles. The first kappa shape index (κ1) is 20.3. The van der Waals surface area contributed by atoms with Gasteiger partial charge in [0, 0.05) is 19.5 Å². The Bertz CT molecular complexity index is 603. The second-order valence-electron chi connectivity index (χ2n) is 7.93. The maximum atomic E-state index is 12.3. The number of likely N-dealkylation sites (tertiary alicyclic amines) is 1. The van der Waals surface area contributed by atoms with Crippen LogP contribution in [0.4, 0.5) is 0 Å². The summed E-state index contributed by atoms with van der Waals surface area (Å²) in [5.74, 6) is 0.513. The van der Waals surface area contributed by atoms with Crippen molar-refractivity contribution in [1.82, 2.24) is 4.90 Å². The van der Waals surface area contributed by atoms with Crippen molar-refractivity contribution in [3.8, 4) is 5.75 Å². The third kappa shape index (κ3) is 5.75. The molecule has 1 atom stereocenters. The molecule has 1 aliphatic heterocycles. The van der Waals surface area contributed by atoms with Crippen molar-refractivity contribution < 1.29 is 19.1 Å². The fraction of sp³-hybridized carbons (Fsp3) is 0.619. The van der Waals surface area contributed by atoms with Gasteiger partial charge in [0.1, 0.15) is 5.75 Å². The summed E-state index contributed by atoms with van der Waals surface area (Å²) >= 11 is 0. The van der Waals surface area contributed by atoms with Crippen molar-refractivity contribution in [2.24, 2.45) is 5.92 Å². The summed E-state index contributed by atoms with van der Waals surface area (Å²) in [5.41, 5.74) is 1.40. The summed E-state index contributed by atoms with van der Waals surface area (Å²) in [7, 11) is 1.40. The molecule has 1 fully saturated rings. The molecular formula is C21H31NO4. The topological polar surface area (TPSA) is 55.8 Å². The summed E-state index contributed by atoms with van der Waals surface area (Å²) in [6.45, 7) is 8.25. The number of carbonyl (C=O) groups excluding carboxylic acids is 2. The van der Waals surface area contributed by atoms with Gasteiger partial charge in [0.25, 0.3) is 0 Å². The first-order chi connectivity index (χ1) is 12.3. The van der Waals surface area contributed by atoms with E-state index in [2.05, 4.69) is 32.9 Å². The molecule has 2 rings (SSSR count). The number of esters is 1. The van der Waals surface area contributed by atoms with Crippen LogP contribution >= 0.6 is 0 Å². The maximum absolute atomic E-state index is 12.3. The number of carbonyl (C=O) groups is 2. The molecule has 0 aliphatic carbocycles. The van der Waals surface area contributed by atoms with Gasteiger partial charge in [0.2, 0.25) is 5.91 Å². The highest BCUT2D eigenvalue weighted by Crippen LogP contribution is 2.24. The van der Waals surface area contributed by atoms with Crippen molar-refractivity contribution in [3.63, 3.8) is 0 Å². The molecule has 0 spiro atoms. The number of amides is 1. The summed E-state index contributed by atoms with van der Waals surface area (Å²) in [6, 6.07) is 8.13. The van der Waals surface area contributed by atoms with Gasteiger partial charge in [-0.15, -0.1) is 0 Å². The summed E-state index contributed by atoms with van der Waals surface area (Å²) < 4.78 is 10.5. The Morgan fingerprint density at radius 3 is 2.50 bits per heavy atom. The fourth-order valence-corrected chi connectivity index (χ4v) is 3.19. The lowest BCUT2D eigenvalue weighted by molar-refractivity contribution is -0.149. The molecule has 0 aromatic heterocycles. The molecule has 1 aromatic rings. The van der Waals surface area contributed by atoms with Gasteiger partial charge in [0.05, 0.1) is 19.6 Å². The normalized spacial score (nSPS) is 17.7. The molecular weight excluding hydrogens is 330 g/mol. The number of methoxy groups -OCH3 is 1. The highest BCUT2D eigenvalue weighted by Gasteiger charge is 2.28. The largest absolute Gasteiger partial charge is 0.494 e. The minimum atomic E-state index is -0.218. The number of nitrogens with zero attached hydrogens (tertiary/aromatic N) is 1. The van der Waals surface area contributed by atoms with E-state index in [4.69, 9.17) is 9.47 Å². The number of benzene rings is 1. The Labute approximate surface area is 156 Å². The maximum Gasteiger partial charge on any atom is 0.310 e. The molecule has 0 bridgehead atoms. The third-order valence-electron chi connectivity index (χ3n) is 4.83. The Morgan fingerprint density at radius 1 is 1.19 bits per heavy atom. The molecule has 1 aliphatic rings. The number of ether oxygens (including phenoxy) is 2. The first-order valence-electron chi connectivity index (χ1n) is 9.40. The second-order valence-corrected chi connectivity index (χ2v) is 7.93. The van der Waals surface area contributed by atoms with E-state index in [1.807, 2.05) is 12.1 Å². The van der Waals surface area contributed by atoms with E-state index in [0.717, 1.165) is 25.1 Å². The van der Waals surface area contributed by atoms with Gasteiger partial charge in [-0.05, 0) is 42.4 Å². The van der Waals surface area contributed by atoms with E-state index < -0.39 is 0 Å². The zero-order valence-electron chi connectivity index (χ0n) is 16.4. The van der Waals surface area contributed by atoms with E-state index in [9.17, 15) is 9.59 Å². The van der Waals surface area contributed by atoms with Crippen molar-refractivity contribution in [2.75, 3.05) is 26.8 Å². The van der Waals surface area contributed by atoms with Gasteiger partial charge >= 0.3 is 5.97 Å². The predicted octanol–water partition coefficient (Wildman–Crippen LogP) is 3.55. The van der Waals surface area contributed by atoms with Crippen LogP contribution in [0.25, 0.3) is 0 Å². The summed E-state index contributed by atoms with van der Waals surface area (Å²) in [4.78, 5) is 25.8. The average Bonchev–Trinajstić information content (AvgIpc) is 2.64. The van der Waals surface area contributed by atoms with E-state index >= 15 is 0 Å². The second kappa shape index (κ2) is 9.06. The van der Waals surface area contributed by atoms with E-state index in [-0.39, 0.29) is 23.2 Å². The lowest BCUT2D eigenvalue weighted by atomic mass is 9.87. The molecule has 0 saturated carbocycles. The monoisotopic (exact) mass is 361 g/mol. The summed E-state index contributed by atoms with van der Waals surface area (Å²) in [5, 5.41) is 0. The molecule has 1 saturated heterocycles. The lowest BCUT2D eigenvalue weighted by Gasteiger charge is -2.31. The van der Waals surface area contributed by atoms with Gasteiger partial charge < -0.3 is 14.4 Å². The van der Waals surface area contributed by atoms with Crippen molar-refractivity contribution in [3.05, 3.63) is 29.8 Å². The highest BCUT2D eigenvalue weighted by molar-refractivity contribution is 5.78. The quantitative estimate of drug-likeness (QED) is 0.574. The van der Waals surface area contributed by atoms with Crippen LogP contribution < -0.4 is 4.74 Å². The van der Waals surface area contributed by atoms with Crippen LogP contribution in [0.1, 0.15) is 52.0 Å². The van der Waals surface area contributed by atoms with Crippen molar-refractivity contribution in [1.29, 1.82) is 0 Å². The van der Waals surface area contributed by atoms with E-state index in [1.54, 1.807) is 4.90 Å². The van der Waals surface area contributed by atoms with Crippen LogP contribution in [0.3, 0.4) is 0 Å². The highest BCUT2D eigenvalue weighted by atomic mass is 16.5. The molecule has 5 nitrogen and oxygen atoms in total. The van der Waals surface area contributed by atoms with Gasteiger partial charge in [-0.1, -0.05) is 32.9 Å². The minimum absolute atomic E-state index is 0.0882. The van der Waals surface area contributed by atoms with Crippen LogP contribution in [0.2, 0.25) is 0 Å². The van der Waals surface area contributed by atoms with Crippen molar-refractivity contribution in [2.45, 2.75) is 51.9 Å². The Hall–Kier alpha value is -2.04. The van der Waals surface area contributed by atoms with E-state index in [0.29, 0.717) is 26.0 Å². The fourth-order valence-electron chi connectivity index (χ4n) is 3.19. The van der Waals surface area contributed by atoms with E-state index in [1.165, 1.54) is 12.7 Å². The van der Waals surface area contributed by atoms with Crippen molar-refractivity contribution >= 4 is 11.9 Å². The summed E-state index contributed by atoms with van der Waals surface area (Å²) in [6.07, 6.45) is 2.75. The number of rotatable bonds is 6. The standard InChI is InChI=1S/C21H31NO4/c1-21(2,3)17-9-11-18(12-10-17)26-14-6-8-19(23)22-13-5-7-16(15-22)20(24)25-4/h9-12,16H,5-8,13-15H2,1-4H3. The number of hydrogen-bond donors (Lipinski definition) is 0. The molecule has 5 heteroatoms. The van der Waals surface area contributed by atoms with Crippen LogP contribution in [-0.2, 0) is 19.7 Å². The smallest absolute Gasteiger partial charge is 0.310 e. The molecule has 144 valence electrons. The molecule has 1 amide bonds. The van der Waals surface area contributed by atoms with Gasteiger partial charge in [-0.3, -0.25) is 9.59 Å². The SMILES string of the molecule is COC(=O)C1CCCN(C(=O)CCCOc2ccc(C(C)(C)C)cc2)C1. The Morgan fingerprint density at radius 2 is 1.88 bits per heavy atom. The third-order valence-corrected chi connectivity index (χ3v) is 4.83. The molecule has 0 radical (unpaired) electrons. The number of piperidine rings is 1. The van der Waals surface area contributed by atoms with Crippen LogP contribution in [0.15, 0.2) is 24.3 Å². The van der Waals surface area contributed by atoms with Crippen LogP contribution in [0, 0.1) is 5.92 Å². The molecule has 26 heavy (non-hydrogen) atoms. The molecule has 1 unspecified atom stereocenters. The van der Waals surface area contributed by atoms with Gasteiger partial charge in [-0.25, -0.2) is 0 Å². The minimum Gasteiger partial charge on any atom is -0.494 e. The van der Waals surface area contributed by atoms with Crippen LogP contribution in [-0.4, -0.2) is 43.6 Å².